The number of allylic oxidation sites excluding steroid dienone is 1. The number of halogens is 2. The van der Waals surface area contributed by atoms with Gasteiger partial charge in [0.15, 0.2) is 5.78 Å². The summed E-state index contributed by atoms with van der Waals surface area (Å²) in [7, 11) is 0. The summed E-state index contributed by atoms with van der Waals surface area (Å²) >= 11 is 11.6. The number of benzene rings is 1. The summed E-state index contributed by atoms with van der Waals surface area (Å²) in [5.74, 6) is -0.00535. The summed E-state index contributed by atoms with van der Waals surface area (Å²) in [5.41, 5.74) is 1.32. The topological polar surface area (TPSA) is 17.1 Å². The number of Topliss-reactive ketones (excluding diaryl/α,β-unsaturated/α-hetero) is 1. The van der Waals surface area contributed by atoms with E-state index in [1.54, 1.807) is 25.1 Å². The maximum atomic E-state index is 11.4. The van der Waals surface area contributed by atoms with Crippen molar-refractivity contribution in [3.63, 3.8) is 0 Å². The normalized spacial score (nSPS) is 9.93. The second-order valence-electron chi connectivity index (χ2n) is 3.12. The second-order valence-corrected chi connectivity index (χ2v) is 3.96. The quantitative estimate of drug-likeness (QED) is 0.722. The first-order valence-corrected chi connectivity index (χ1v) is 4.89. The Balaban J connectivity index is 2.87. The summed E-state index contributed by atoms with van der Waals surface area (Å²) in [4.78, 5) is 11.4. The maximum Gasteiger partial charge on any atom is 0.162 e. The largest absolute Gasteiger partial charge is 0.294 e. The number of ketones is 1. The monoisotopic (exact) mass is 228 g/mol. The van der Waals surface area contributed by atoms with Crippen LogP contribution in [0.2, 0.25) is 10.0 Å². The maximum absolute atomic E-state index is 11.4. The predicted molar refractivity (Wildman–Crippen MR) is 60.0 cm³/mol. The summed E-state index contributed by atoms with van der Waals surface area (Å²) in [5, 5.41) is 1.09. The smallest absolute Gasteiger partial charge is 0.162 e. The van der Waals surface area contributed by atoms with E-state index < -0.39 is 0 Å². The fraction of sp³-hybridized carbons (Fsp3) is 0.182. The number of carbonyl (C=O) groups is 1. The van der Waals surface area contributed by atoms with Crippen LogP contribution in [0.4, 0.5) is 0 Å². The zero-order valence-corrected chi connectivity index (χ0v) is 9.32. The highest BCUT2D eigenvalue weighted by atomic mass is 35.5. The van der Waals surface area contributed by atoms with E-state index in [0.29, 0.717) is 15.6 Å². The van der Waals surface area contributed by atoms with Gasteiger partial charge in [-0.05, 0) is 30.2 Å². The van der Waals surface area contributed by atoms with E-state index in [4.69, 9.17) is 23.2 Å². The van der Waals surface area contributed by atoms with Crippen molar-refractivity contribution in [3.8, 4) is 0 Å². The van der Waals surface area contributed by atoms with E-state index in [0.717, 1.165) is 5.56 Å². The number of carbonyl (C=O) groups excluding carboxylic acids is 1. The lowest BCUT2D eigenvalue weighted by atomic mass is 10.1. The molecule has 3 heteroatoms. The van der Waals surface area contributed by atoms with Gasteiger partial charge in [-0.3, -0.25) is 4.79 Å². The van der Waals surface area contributed by atoms with Crippen molar-refractivity contribution in [2.75, 3.05) is 0 Å². The van der Waals surface area contributed by atoms with Crippen LogP contribution in [0, 0.1) is 0 Å². The molecule has 0 bridgehead atoms. The molecule has 0 aliphatic heterocycles. The van der Waals surface area contributed by atoms with Crippen LogP contribution >= 0.6 is 23.2 Å². The summed E-state index contributed by atoms with van der Waals surface area (Å²) in [6.45, 7) is 5.27. The molecule has 0 radical (unpaired) electrons. The zero-order valence-electron chi connectivity index (χ0n) is 7.81. The highest BCUT2D eigenvalue weighted by Crippen LogP contribution is 2.21. The molecule has 0 unspecified atom stereocenters. The second kappa shape index (κ2) is 4.63. The SMILES string of the molecule is C=C(C)C(=O)Cc1ccc(Cl)cc1Cl. The molecule has 1 aromatic rings. The van der Waals surface area contributed by atoms with Gasteiger partial charge in [-0.15, -0.1) is 0 Å². The molecule has 0 aliphatic rings. The minimum absolute atomic E-state index is 0.00535. The Kier molecular flexibility index (Phi) is 3.73. The van der Waals surface area contributed by atoms with Crippen molar-refractivity contribution in [1.29, 1.82) is 0 Å². The van der Waals surface area contributed by atoms with Crippen LogP contribution in [0.25, 0.3) is 0 Å². The van der Waals surface area contributed by atoms with Crippen molar-refractivity contribution >= 4 is 29.0 Å². The molecule has 0 aliphatic carbocycles. The lowest BCUT2D eigenvalue weighted by Gasteiger charge is -2.03. The van der Waals surface area contributed by atoms with Crippen molar-refractivity contribution in [2.24, 2.45) is 0 Å². The van der Waals surface area contributed by atoms with Crippen LogP contribution in [0.1, 0.15) is 12.5 Å². The van der Waals surface area contributed by atoms with Crippen molar-refractivity contribution in [2.45, 2.75) is 13.3 Å². The van der Waals surface area contributed by atoms with E-state index in [-0.39, 0.29) is 12.2 Å². The van der Waals surface area contributed by atoms with Crippen LogP contribution in [0.3, 0.4) is 0 Å². The van der Waals surface area contributed by atoms with E-state index >= 15 is 0 Å². The third-order valence-corrected chi connectivity index (χ3v) is 2.43. The Morgan fingerprint density at radius 3 is 2.57 bits per heavy atom. The molecule has 0 N–H and O–H groups in total. The molecule has 0 saturated heterocycles. The van der Waals surface area contributed by atoms with Crippen molar-refractivity contribution in [1.82, 2.24) is 0 Å². The average molecular weight is 229 g/mol. The van der Waals surface area contributed by atoms with Gasteiger partial charge in [0.2, 0.25) is 0 Å². The lowest BCUT2D eigenvalue weighted by molar-refractivity contribution is -0.114. The van der Waals surface area contributed by atoms with Gasteiger partial charge in [0.25, 0.3) is 0 Å². The minimum atomic E-state index is -0.00535. The first kappa shape index (κ1) is 11.3. The highest BCUT2D eigenvalue weighted by molar-refractivity contribution is 6.35. The van der Waals surface area contributed by atoms with Gasteiger partial charge in [-0.2, -0.15) is 0 Å². The van der Waals surface area contributed by atoms with Gasteiger partial charge in [-0.1, -0.05) is 35.8 Å². The van der Waals surface area contributed by atoms with Crippen LogP contribution in [-0.2, 0) is 11.2 Å². The minimum Gasteiger partial charge on any atom is -0.294 e. The van der Waals surface area contributed by atoms with E-state index in [1.165, 1.54) is 0 Å². The predicted octanol–water partition coefficient (Wildman–Crippen LogP) is 3.68. The first-order chi connectivity index (χ1) is 6.50. The van der Waals surface area contributed by atoms with Crippen LogP contribution in [0.5, 0.6) is 0 Å². The molecule has 14 heavy (non-hydrogen) atoms. The Hall–Kier alpha value is -0.790. The number of hydrogen-bond donors (Lipinski definition) is 0. The Labute approximate surface area is 93.3 Å². The van der Waals surface area contributed by atoms with Crippen LogP contribution in [0.15, 0.2) is 30.4 Å². The molecular formula is C11H10Cl2O. The lowest BCUT2D eigenvalue weighted by Crippen LogP contribution is -2.03. The summed E-state index contributed by atoms with van der Waals surface area (Å²) < 4.78 is 0. The standard InChI is InChI=1S/C11H10Cl2O/c1-7(2)11(14)5-8-3-4-9(12)6-10(8)13/h3-4,6H,1,5H2,2H3. The molecule has 74 valence electrons. The molecule has 0 atom stereocenters. The van der Waals surface area contributed by atoms with Crippen LogP contribution < -0.4 is 0 Å². The van der Waals surface area contributed by atoms with Gasteiger partial charge < -0.3 is 0 Å². The van der Waals surface area contributed by atoms with Gasteiger partial charge in [0.05, 0.1) is 0 Å². The molecule has 1 nitrogen and oxygen atoms in total. The van der Waals surface area contributed by atoms with Crippen molar-refractivity contribution < 1.29 is 4.79 Å². The van der Waals surface area contributed by atoms with Gasteiger partial charge >= 0.3 is 0 Å². The van der Waals surface area contributed by atoms with E-state index in [2.05, 4.69) is 6.58 Å². The molecule has 0 amide bonds. The Morgan fingerprint density at radius 2 is 2.07 bits per heavy atom. The molecule has 0 aromatic heterocycles. The molecule has 0 saturated carbocycles. The zero-order chi connectivity index (χ0) is 10.7. The number of hydrogen-bond acceptors (Lipinski definition) is 1. The van der Waals surface area contributed by atoms with Gasteiger partial charge in [0.1, 0.15) is 0 Å². The highest BCUT2D eigenvalue weighted by Gasteiger charge is 2.07. The Bertz CT molecular complexity index is 383. The third-order valence-electron chi connectivity index (χ3n) is 1.84. The fourth-order valence-electron chi connectivity index (χ4n) is 0.989. The van der Waals surface area contributed by atoms with Gasteiger partial charge in [0, 0.05) is 16.5 Å². The molecule has 0 spiro atoms. The molecule has 1 rings (SSSR count). The molecule has 1 aromatic carbocycles. The Morgan fingerprint density at radius 1 is 1.43 bits per heavy atom. The van der Waals surface area contributed by atoms with Gasteiger partial charge in [-0.25, -0.2) is 0 Å². The summed E-state index contributed by atoms with van der Waals surface area (Å²) in [6.07, 6.45) is 0.283. The van der Waals surface area contributed by atoms with Crippen molar-refractivity contribution in [3.05, 3.63) is 46.0 Å². The van der Waals surface area contributed by atoms with Crippen LogP contribution in [-0.4, -0.2) is 5.78 Å². The fourth-order valence-corrected chi connectivity index (χ4v) is 1.46. The molecular weight excluding hydrogens is 219 g/mol. The van der Waals surface area contributed by atoms with E-state index in [1.807, 2.05) is 0 Å². The summed E-state index contributed by atoms with van der Waals surface area (Å²) in [6, 6.07) is 5.10. The average Bonchev–Trinajstić information content (AvgIpc) is 2.09. The van der Waals surface area contributed by atoms with E-state index in [9.17, 15) is 4.79 Å². The molecule has 0 heterocycles. The first-order valence-electron chi connectivity index (χ1n) is 4.13. The molecule has 0 fully saturated rings. The third kappa shape index (κ3) is 2.86. The number of rotatable bonds is 3.